The van der Waals surface area contributed by atoms with Gasteiger partial charge in [-0.25, -0.2) is 4.99 Å². The second-order valence-corrected chi connectivity index (χ2v) is 4.95. The maximum Gasteiger partial charge on any atom is 0.131 e. The number of nitrogens with zero attached hydrogens (tertiary/aromatic N) is 1. The van der Waals surface area contributed by atoms with Gasteiger partial charge in [-0.15, -0.1) is 0 Å². The van der Waals surface area contributed by atoms with E-state index in [1.54, 1.807) is 0 Å². The number of hydrogen-bond donors (Lipinski definition) is 3. The van der Waals surface area contributed by atoms with Gasteiger partial charge in [0.1, 0.15) is 5.84 Å². The van der Waals surface area contributed by atoms with Gasteiger partial charge in [-0.3, -0.25) is 0 Å². The Morgan fingerprint density at radius 3 is 2.67 bits per heavy atom. The van der Waals surface area contributed by atoms with Crippen molar-refractivity contribution in [3.63, 3.8) is 0 Å². The number of aromatic amines is 1. The zero-order chi connectivity index (χ0) is 14.7. The lowest BCUT2D eigenvalue weighted by atomic mass is 10.1. The van der Waals surface area contributed by atoms with Crippen molar-refractivity contribution in [2.45, 2.75) is 6.42 Å². The molecule has 0 amide bonds. The van der Waals surface area contributed by atoms with E-state index in [2.05, 4.69) is 16.0 Å². The van der Waals surface area contributed by atoms with Crippen molar-refractivity contribution >= 4 is 22.4 Å². The average molecular weight is 278 g/mol. The number of fused-ring (bicyclic) bond motifs is 1. The molecule has 0 bridgehead atoms. The largest absolute Gasteiger partial charge is 0.383 e. The highest BCUT2D eigenvalue weighted by molar-refractivity contribution is 6.02. The Hall–Kier alpha value is -2.59. The van der Waals surface area contributed by atoms with Gasteiger partial charge in [-0.1, -0.05) is 18.2 Å². The van der Waals surface area contributed by atoms with E-state index in [1.165, 1.54) is 5.56 Å². The monoisotopic (exact) mass is 278 g/mol. The molecule has 0 saturated carbocycles. The Kier molecular flexibility index (Phi) is 3.71. The van der Waals surface area contributed by atoms with Crippen LogP contribution in [0.5, 0.6) is 0 Å². The summed E-state index contributed by atoms with van der Waals surface area (Å²) in [6.07, 6.45) is 2.85. The summed E-state index contributed by atoms with van der Waals surface area (Å²) in [5.41, 5.74) is 15.9. The van der Waals surface area contributed by atoms with Crippen molar-refractivity contribution in [1.29, 1.82) is 0 Å². The van der Waals surface area contributed by atoms with Crippen LogP contribution in [-0.4, -0.2) is 17.4 Å². The molecule has 0 atom stereocenters. The van der Waals surface area contributed by atoms with Crippen LogP contribution in [0.3, 0.4) is 0 Å². The summed E-state index contributed by atoms with van der Waals surface area (Å²) in [5, 5.41) is 1.16. The third-order valence-electron chi connectivity index (χ3n) is 3.48. The Morgan fingerprint density at radius 2 is 1.90 bits per heavy atom. The second-order valence-electron chi connectivity index (χ2n) is 4.95. The van der Waals surface area contributed by atoms with E-state index in [9.17, 15) is 0 Å². The molecule has 1 aromatic heterocycles. The molecule has 21 heavy (non-hydrogen) atoms. The van der Waals surface area contributed by atoms with E-state index in [4.69, 9.17) is 11.5 Å². The number of aliphatic imine (C=N–C) groups is 1. The second kappa shape index (κ2) is 5.81. The van der Waals surface area contributed by atoms with Gasteiger partial charge in [0.15, 0.2) is 0 Å². The number of amidine groups is 1. The number of H-pyrrole nitrogens is 1. The highest BCUT2D eigenvalue weighted by Gasteiger charge is 2.06. The fraction of sp³-hybridized carbons (Fsp3) is 0.118. The van der Waals surface area contributed by atoms with Crippen molar-refractivity contribution in [3.05, 3.63) is 65.9 Å². The summed E-state index contributed by atoms with van der Waals surface area (Å²) < 4.78 is 0. The normalized spacial score (nSPS) is 12.0. The van der Waals surface area contributed by atoms with E-state index >= 15 is 0 Å². The molecular weight excluding hydrogens is 260 g/mol. The first kappa shape index (κ1) is 13.4. The molecule has 3 rings (SSSR count). The maximum absolute atomic E-state index is 6.13. The van der Waals surface area contributed by atoms with Gasteiger partial charge >= 0.3 is 0 Å². The molecule has 0 aliphatic heterocycles. The number of aromatic nitrogens is 1. The minimum atomic E-state index is 0.517. The summed E-state index contributed by atoms with van der Waals surface area (Å²) >= 11 is 0. The maximum atomic E-state index is 6.13. The molecule has 0 radical (unpaired) electrons. The Labute approximate surface area is 123 Å². The predicted octanol–water partition coefficient (Wildman–Crippen LogP) is 2.71. The van der Waals surface area contributed by atoms with E-state index in [-0.39, 0.29) is 0 Å². The average Bonchev–Trinajstić information content (AvgIpc) is 2.91. The minimum Gasteiger partial charge on any atom is -0.383 e. The zero-order valence-electron chi connectivity index (χ0n) is 11.7. The molecule has 0 spiro atoms. The van der Waals surface area contributed by atoms with Gasteiger partial charge in [0.2, 0.25) is 0 Å². The standard InChI is InChI=1S/C17H18N4/c18-9-8-13-11-20-16-7-6-12(10-15(13)16)17(19)21-14-4-2-1-3-5-14/h1-7,10-11,20H,8-9,18H2,(H2,19,21). The Balaban J connectivity index is 2.00. The molecule has 0 aliphatic rings. The first-order chi connectivity index (χ1) is 10.3. The van der Waals surface area contributed by atoms with Gasteiger partial charge in [0.25, 0.3) is 0 Å². The van der Waals surface area contributed by atoms with Crippen LogP contribution in [0.15, 0.2) is 59.7 Å². The van der Waals surface area contributed by atoms with E-state index in [0.29, 0.717) is 12.4 Å². The topological polar surface area (TPSA) is 80.2 Å². The van der Waals surface area contributed by atoms with Crippen LogP contribution < -0.4 is 11.5 Å². The van der Waals surface area contributed by atoms with Crippen molar-refractivity contribution in [1.82, 2.24) is 4.98 Å². The molecule has 4 nitrogen and oxygen atoms in total. The minimum absolute atomic E-state index is 0.517. The zero-order valence-corrected chi connectivity index (χ0v) is 11.7. The Bertz CT molecular complexity index is 772. The van der Waals surface area contributed by atoms with Crippen LogP contribution in [0.1, 0.15) is 11.1 Å². The lowest BCUT2D eigenvalue weighted by molar-refractivity contribution is 0.976. The van der Waals surface area contributed by atoms with Gasteiger partial charge in [0.05, 0.1) is 5.69 Å². The quantitative estimate of drug-likeness (QED) is 0.506. The molecule has 4 heteroatoms. The molecule has 1 heterocycles. The Morgan fingerprint density at radius 1 is 1.10 bits per heavy atom. The van der Waals surface area contributed by atoms with Crippen LogP contribution in [0, 0.1) is 0 Å². The molecule has 5 N–H and O–H groups in total. The number of rotatable bonds is 4. The summed E-state index contributed by atoms with van der Waals surface area (Å²) in [7, 11) is 0. The fourth-order valence-corrected chi connectivity index (χ4v) is 2.41. The number of hydrogen-bond acceptors (Lipinski definition) is 2. The lowest BCUT2D eigenvalue weighted by Crippen LogP contribution is -2.12. The van der Waals surface area contributed by atoms with Crippen molar-refractivity contribution in [3.8, 4) is 0 Å². The van der Waals surface area contributed by atoms with Crippen LogP contribution in [0.25, 0.3) is 10.9 Å². The number of nitrogens with one attached hydrogen (secondary N) is 1. The van der Waals surface area contributed by atoms with Gasteiger partial charge in [0, 0.05) is 22.7 Å². The lowest BCUT2D eigenvalue weighted by Gasteiger charge is -2.03. The SMILES string of the molecule is NCCc1c[nH]c2ccc(C(N)=Nc3ccccc3)cc12. The highest BCUT2D eigenvalue weighted by atomic mass is 14.9. The highest BCUT2D eigenvalue weighted by Crippen LogP contribution is 2.21. The molecule has 0 unspecified atom stereocenters. The van der Waals surface area contributed by atoms with Crippen LogP contribution in [-0.2, 0) is 6.42 Å². The van der Waals surface area contributed by atoms with E-state index < -0.39 is 0 Å². The molecule has 0 saturated heterocycles. The molecule has 2 aromatic carbocycles. The molecular formula is C17H18N4. The first-order valence-corrected chi connectivity index (χ1v) is 6.97. The summed E-state index contributed by atoms with van der Waals surface area (Å²) in [6.45, 7) is 0.630. The number of nitrogens with two attached hydrogens (primary N) is 2. The van der Waals surface area contributed by atoms with Crippen molar-refractivity contribution < 1.29 is 0 Å². The third kappa shape index (κ3) is 2.80. The van der Waals surface area contributed by atoms with Gasteiger partial charge < -0.3 is 16.5 Å². The van der Waals surface area contributed by atoms with Gasteiger partial charge in [-0.05, 0) is 48.9 Å². The molecule has 0 aliphatic carbocycles. The van der Waals surface area contributed by atoms with E-state index in [1.807, 2.05) is 48.7 Å². The fourth-order valence-electron chi connectivity index (χ4n) is 2.41. The van der Waals surface area contributed by atoms with Crippen LogP contribution in [0.4, 0.5) is 5.69 Å². The number of benzene rings is 2. The number of para-hydroxylation sites is 1. The summed E-state index contributed by atoms with van der Waals surface area (Å²) in [5.74, 6) is 0.517. The van der Waals surface area contributed by atoms with Crippen molar-refractivity contribution in [2.24, 2.45) is 16.5 Å². The summed E-state index contributed by atoms with van der Waals surface area (Å²) in [4.78, 5) is 7.71. The predicted molar refractivity (Wildman–Crippen MR) is 87.9 cm³/mol. The van der Waals surface area contributed by atoms with Gasteiger partial charge in [-0.2, -0.15) is 0 Å². The smallest absolute Gasteiger partial charge is 0.131 e. The van der Waals surface area contributed by atoms with Crippen LogP contribution in [0.2, 0.25) is 0 Å². The third-order valence-corrected chi connectivity index (χ3v) is 3.48. The first-order valence-electron chi connectivity index (χ1n) is 6.97. The van der Waals surface area contributed by atoms with Crippen molar-refractivity contribution in [2.75, 3.05) is 6.54 Å². The van der Waals surface area contributed by atoms with Crippen LogP contribution >= 0.6 is 0 Å². The molecule has 0 fully saturated rings. The molecule has 3 aromatic rings. The van der Waals surface area contributed by atoms with E-state index in [0.717, 1.165) is 28.6 Å². The molecule has 106 valence electrons. The summed E-state index contributed by atoms with van der Waals surface area (Å²) in [6, 6.07) is 15.8.